The first-order valence-electron chi connectivity index (χ1n) is 10.5. The van der Waals surface area contributed by atoms with Gasteiger partial charge in [0, 0.05) is 38.9 Å². The fraction of sp³-hybridized carbons (Fsp3) is 0.714. The second-order valence-corrected chi connectivity index (χ2v) is 11.6. The quantitative estimate of drug-likeness (QED) is 0.352. The van der Waals surface area contributed by atoms with Crippen LogP contribution in [0, 0.1) is 5.92 Å². The topological polar surface area (TPSA) is 83.9 Å². The summed E-state index contributed by atoms with van der Waals surface area (Å²) in [6.07, 6.45) is 6.63. The first-order chi connectivity index (χ1) is 13.7. The SMILES string of the molecule is CN=C(NCc1ccnc(OC2CCC(C)CC2)c1)N1CCS(=O)(=O)C(C)(C)C1.I. The predicted octanol–water partition coefficient (Wildman–Crippen LogP) is 3.24. The van der Waals surface area contributed by atoms with E-state index in [0.717, 1.165) is 24.3 Å². The molecule has 0 amide bonds. The van der Waals surface area contributed by atoms with E-state index >= 15 is 0 Å². The maximum Gasteiger partial charge on any atom is 0.213 e. The number of sulfone groups is 1. The van der Waals surface area contributed by atoms with Crippen molar-refractivity contribution >= 4 is 39.8 Å². The van der Waals surface area contributed by atoms with E-state index in [2.05, 4.69) is 22.2 Å². The molecule has 1 saturated heterocycles. The lowest BCUT2D eigenvalue weighted by atomic mass is 9.89. The van der Waals surface area contributed by atoms with Crippen LogP contribution in [0.1, 0.15) is 52.0 Å². The first kappa shape index (κ1) is 25.2. The lowest BCUT2D eigenvalue weighted by Gasteiger charge is -2.39. The van der Waals surface area contributed by atoms with Crippen LogP contribution in [-0.4, -0.2) is 61.0 Å². The zero-order chi connectivity index (χ0) is 21.1. The van der Waals surface area contributed by atoms with Crippen LogP contribution in [-0.2, 0) is 16.4 Å². The molecule has 1 N–H and O–H groups in total. The van der Waals surface area contributed by atoms with Gasteiger partial charge in [0.1, 0.15) is 6.10 Å². The highest BCUT2D eigenvalue weighted by Gasteiger charge is 2.40. The van der Waals surface area contributed by atoms with Gasteiger partial charge in [-0.2, -0.15) is 0 Å². The zero-order valence-corrected chi connectivity index (χ0v) is 21.6. The minimum atomic E-state index is -3.08. The molecule has 1 aromatic heterocycles. The van der Waals surface area contributed by atoms with Crippen molar-refractivity contribution in [1.29, 1.82) is 0 Å². The number of guanidine groups is 1. The molecule has 1 aliphatic heterocycles. The third kappa shape index (κ3) is 6.21. The highest BCUT2D eigenvalue weighted by atomic mass is 127. The molecule has 2 fully saturated rings. The van der Waals surface area contributed by atoms with Crippen molar-refractivity contribution in [3.63, 3.8) is 0 Å². The van der Waals surface area contributed by atoms with E-state index in [9.17, 15) is 8.42 Å². The summed E-state index contributed by atoms with van der Waals surface area (Å²) in [6.45, 7) is 7.32. The van der Waals surface area contributed by atoms with Crippen LogP contribution in [0.25, 0.3) is 0 Å². The largest absolute Gasteiger partial charge is 0.474 e. The van der Waals surface area contributed by atoms with Crippen LogP contribution in [0.3, 0.4) is 0 Å². The molecule has 7 nitrogen and oxygen atoms in total. The minimum absolute atomic E-state index is 0. The van der Waals surface area contributed by atoms with E-state index in [1.165, 1.54) is 12.8 Å². The van der Waals surface area contributed by atoms with Crippen molar-refractivity contribution in [2.75, 3.05) is 25.9 Å². The first-order valence-corrected chi connectivity index (χ1v) is 12.1. The summed E-state index contributed by atoms with van der Waals surface area (Å²) in [5.74, 6) is 2.32. The van der Waals surface area contributed by atoms with Gasteiger partial charge in [0.2, 0.25) is 5.88 Å². The van der Waals surface area contributed by atoms with Gasteiger partial charge in [-0.1, -0.05) is 6.92 Å². The maximum atomic E-state index is 12.3. The Labute approximate surface area is 198 Å². The zero-order valence-electron chi connectivity index (χ0n) is 18.4. The van der Waals surface area contributed by atoms with Crippen LogP contribution < -0.4 is 10.1 Å². The summed E-state index contributed by atoms with van der Waals surface area (Å²) in [5.41, 5.74) is 1.06. The second-order valence-electron chi connectivity index (χ2n) is 8.90. The van der Waals surface area contributed by atoms with Crippen LogP contribution in [0.2, 0.25) is 0 Å². The van der Waals surface area contributed by atoms with Crippen molar-refractivity contribution in [2.45, 2.75) is 63.9 Å². The normalized spacial score (nSPS) is 25.9. The number of pyridine rings is 1. The number of nitrogens with one attached hydrogen (secondary N) is 1. The van der Waals surface area contributed by atoms with E-state index in [1.807, 2.05) is 17.0 Å². The van der Waals surface area contributed by atoms with Crippen LogP contribution in [0.15, 0.2) is 23.3 Å². The van der Waals surface area contributed by atoms with Gasteiger partial charge < -0.3 is 15.0 Å². The molecule has 0 unspecified atom stereocenters. The number of halogens is 1. The van der Waals surface area contributed by atoms with Gasteiger partial charge in [-0.15, -0.1) is 24.0 Å². The number of rotatable bonds is 4. The third-order valence-corrected chi connectivity index (χ3v) is 8.59. The molecule has 170 valence electrons. The second kappa shape index (κ2) is 10.5. The van der Waals surface area contributed by atoms with Crippen molar-refractivity contribution < 1.29 is 13.2 Å². The van der Waals surface area contributed by atoms with Gasteiger partial charge in [0.05, 0.1) is 10.5 Å². The number of aliphatic imine (C=N–C) groups is 1. The lowest BCUT2D eigenvalue weighted by molar-refractivity contribution is 0.130. The molecule has 9 heteroatoms. The van der Waals surface area contributed by atoms with Gasteiger partial charge in [0.25, 0.3) is 0 Å². The smallest absolute Gasteiger partial charge is 0.213 e. The molecular formula is C21H35IN4O3S. The van der Waals surface area contributed by atoms with Gasteiger partial charge in [0.15, 0.2) is 15.8 Å². The van der Waals surface area contributed by atoms with Crippen molar-refractivity contribution in [2.24, 2.45) is 10.9 Å². The van der Waals surface area contributed by atoms with Crippen LogP contribution in [0.4, 0.5) is 0 Å². The molecule has 1 aliphatic carbocycles. The number of aromatic nitrogens is 1. The lowest BCUT2D eigenvalue weighted by Crippen LogP contribution is -2.57. The Morgan fingerprint density at radius 1 is 1.33 bits per heavy atom. The van der Waals surface area contributed by atoms with Crippen molar-refractivity contribution in [3.05, 3.63) is 23.9 Å². The summed E-state index contributed by atoms with van der Waals surface area (Å²) in [4.78, 5) is 10.7. The average molecular weight is 551 g/mol. The Morgan fingerprint density at radius 2 is 2.03 bits per heavy atom. The standard InChI is InChI=1S/C21H34N4O3S.HI/c1-16-5-7-18(8-6-16)28-19-13-17(9-10-23-19)14-24-20(22-4)25-11-12-29(26,27)21(2,3)15-25;/h9-10,13,16,18H,5-8,11-12,14-15H2,1-4H3,(H,22,24);1H. The van der Waals surface area contributed by atoms with Gasteiger partial charge in [-0.25, -0.2) is 13.4 Å². The van der Waals surface area contributed by atoms with E-state index in [-0.39, 0.29) is 35.8 Å². The predicted molar refractivity (Wildman–Crippen MR) is 131 cm³/mol. The summed E-state index contributed by atoms with van der Waals surface area (Å²) in [5, 5.41) is 3.35. The average Bonchev–Trinajstić information content (AvgIpc) is 2.67. The van der Waals surface area contributed by atoms with Crippen LogP contribution >= 0.6 is 24.0 Å². The van der Waals surface area contributed by atoms with Gasteiger partial charge in [-0.3, -0.25) is 4.99 Å². The number of ether oxygens (including phenoxy) is 1. The molecule has 2 aliphatic rings. The summed E-state index contributed by atoms with van der Waals surface area (Å²) >= 11 is 0. The Morgan fingerprint density at radius 3 is 2.67 bits per heavy atom. The van der Waals surface area contributed by atoms with Gasteiger partial charge >= 0.3 is 0 Å². The van der Waals surface area contributed by atoms with Crippen LogP contribution in [0.5, 0.6) is 5.88 Å². The molecule has 1 aromatic rings. The minimum Gasteiger partial charge on any atom is -0.474 e. The Hall–Kier alpha value is -1.10. The fourth-order valence-electron chi connectivity index (χ4n) is 3.98. The number of nitrogens with zero attached hydrogens (tertiary/aromatic N) is 3. The Bertz CT molecular complexity index is 836. The van der Waals surface area contributed by atoms with Crippen molar-refractivity contribution in [3.8, 4) is 5.88 Å². The molecular weight excluding hydrogens is 515 g/mol. The highest BCUT2D eigenvalue weighted by molar-refractivity contribution is 14.0. The molecule has 3 rings (SSSR count). The molecule has 2 heterocycles. The maximum absolute atomic E-state index is 12.3. The van der Waals surface area contributed by atoms with Crippen molar-refractivity contribution in [1.82, 2.24) is 15.2 Å². The Kier molecular flexibility index (Phi) is 8.79. The highest BCUT2D eigenvalue weighted by Crippen LogP contribution is 2.27. The molecule has 0 aromatic carbocycles. The third-order valence-electron chi connectivity index (χ3n) is 6.06. The molecule has 0 atom stereocenters. The number of hydrogen-bond acceptors (Lipinski definition) is 5. The summed E-state index contributed by atoms with van der Waals surface area (Å²) in [7, 11) is -1.35. The fourth-order valence-corrected chi connectivity index (χ4v) is 5.35. The van der Waals surface area contributed by atoms with E-state index in [1.54, 1.807) is 27.1 Å². The van der Waals surface area contributed by atoms with E-state index < -0.39 is 14.6 Å². The summed E-state index contributed by atoms with van der Waals surface area (Å²) < 4.78 is 29.8. The number of hydrogen-bond donors (Lipinski definition) is 1. The van der Waals surface area contributed by atoms with E-state index in [4.69, 9.17) is 4.74 Å². The monoisotopic (exact) mass is 550 g/mol. The Balaban J connectivity index is 0.00000320. The molecule has 1 saturated carbocycles. The molecule has 30 heavy (non-hydrogen) atoms. The van der Waals surface area contributed by atoms with E-state index in [0.29, 0.717) is 31.5 Å². The molecule has 0 bridgehead atoms. The molecule has 0 spiro atoms. The molecule has 0 radical (unpaired) electrons. The summed E-state index contributed by atoms with van der Waals surface area (Å²) in [6, 6.07) is 3.93. The van der Waals surface area contributed by atoms with Gasteiger partial charge in [-0.05, 0) is 57.1 Å².